The molecule has 116 valence electrons. The van der Waals surface area contributed by atoms with Gasteiger partial charge in [0.1, 0.15) is 5.75 Å². The van der Waals surface area contributed by atoms with E-state index in [9.17, 15) is 0 Å². The third-order valence-electron chi connectivity index (χ3n) is 4.90. The van der Waals surface area contributed by atoms with Gasteiger partial charge in [-0.3, -0.25) is 4.98 Å². The lowest BCUT2D eigenvalue weighted by molar-refractivity contribution is 0.411. The van der Waals surface area contributed by atoms with Crippen molar-refractivity contribution in [3.63, 3.8) is 0 Å². The van der Waals surface area contributed by atoms with Crippen molar-refractivity contribution < 1.29 is 4.74 Å². The first kappa shape index (κ1) is 14.3. The number of nitrogens with zero attached hydrogens (tertiary/aromatic N) is 1. The SMILES string of the molecule is COc1ccc(Cc2ccnc3cc4c(cc23)CCC4)cc1C. The smallest absolute Gasteiger partial charge is 0.121 e. The van der Waals surface area contributed by atoms with Gasteiger partial charge in [-0.25, -0.2) is 0 Å². The second-order valence-corrected chi connectivity index (χ2v) is 6.44. The summed E-state index contributed by atoms with van der Waals surface area (Å²) < 4.78 is 5.36. The molecular weight excluding hydrogens is 282 g/mol. The molecule has 1 heterocycles. The van der Waals surface area contributed by atoms with E-state index in [0.29, 0.717) is 0 Å². The summed E-state index contributed by atoms with van der Waals surface area (Å²) >= 11 is 0. The predicted octanol–water partition coefficient (Wildman–Crippen LogP) is 4.63. The number of aromatic nitrogens is 1. The third kappa shape index (κ3) is 2.59. The maximum Gasteiger partial charge on any atom is 0.121 e. The molecule has 0 spiro atoms. The first-order chi connectivity index (χ1) is 11.2. The zero-order chi connectivity index (χ0) is 15.8. The molecule has 0 radical (unpaired) electrons. The first-order valence-electron chi connectivity index (χ1n) is 8.27. The van der Waals surface area contributed by atoms with Crippen molar-refractivity contribution in [1.82, 2.24) is 4.98 Å². The van der Waals surface area contributed by atoms with Gasteiger partial charge in [-0.2, -0.15) is 0 Å². The van der Waals surface area contributed by atoms with E-state index in [1.54, 1.807) is 7.11 Å². The van der Waals surface area contributed by atoms with Gasteiger partial charge in [0.2, 0.25) is 0 Å². The molecule has 4 rings (SSSR count). The highest BCUT2D eigenvalue weighted by atomic mass is 16.5. The van der Waals surface area contributed by atoms with Gasteiger partial charge >= 0.3 is 0 Å². The summed E-state index contributed by atoms with van der Waals surface area (Å²) in [6.45, 7) is 2.10. The summed E-state index contributed by atoms with van der Waals surface area (Å²) in [6.07, 6.45) is 6.56. The van der Waals surface area contributed by atoms with Gasteiger partial charge in [0, 0.05) is 11.6 Å². The summed E-state index contributed by atoms with van der Waals surface area (Å²) in [5.41, 5.74) is 7.99. The second-order valence-electron chi connectivity index (χ2n) is 6.44. The Labute approximate surface area is 137 Å². The fraction of sp³-hybridized carbons (Fsp3) is 0.286. The minimum Gasteiger partial charge on any atom is -0.496 e. The molecule has 2 nitrogen and oxygen atoms in total. The molecule has 0 bridgehead atoms. The van der Waals surface area contributed by atoms with Crippen LogP contribution in [0.2, 0.25) is 0 Å². The van der Waals surface area contributed by atoms with E-state index < -0.39 is 0 Å². The van der Waals surface area contributed by atoms with Crippen molar-refractivity contribution in [3.05, 3.63) is 70.4 Å². The number of aryl methyl sites for hydroxylation is 3. The van der Waals surface area contributed by atoms with Crippen molar-refractivity contribution in [2.75, 3.05) is 7.11 Å². The average Bonchev–Trinajstić information content (AvgIpc) is 3.01. The van der Waals surface area contributed by atoms with Gasteiger partial charge < -0.3 is 4.74 Å². The summed E-state index contributed by atoms with van der Waals surface area (Å²) in [5, 5.41) is 1.31. The molecule has 0 amide bonds. The van der Waals surface area contributed by atoms with Gasteiger partial charge in [-0.15, -0.1) is 0 Å². The minimum atomic E-state index is 0.933. The summed E-state index contributed by atoms with van der Waals surface area (Å²) in [6, 6.07) is 13.3. The monoisotopic (exact) mass is 303 g/mol. The van der Waals surface area contributed by atoms with E-state index in [2.05, 4.69) is 48.3 Å². The average molecular weight is 303 g/mol. The molecule has 2 aromatic carbocycles. The lowest BCUT2D eigenvalue weighted by Gasteiger charge is -2.11. The number of ether oxygens (including phenoxy) is 1. The van der Waals surface area contributed by atoms with Crippen molar-refractivity contribution in [2.45, 2.75) is 32.6 Å². The van der Waals surface area contributed by atoms with Crippen molar-refractivity contribution in [1.29, 1.82) is 0 Å². The molecule has 1 aliphatic carbocycles. The van der Waals surface area contributed by atoms with E-state index in [4.69, 9.17) is 4.74 Å². The predicted molar refractivity (Wildman–Crippen MR) is 94.3 cm³/mol. The molecule has 1 aromatic heterocycles. The Hall–Kier alpha value is -2.35. The number of hydrogen-bond acceptors (Lipinski definition) is 2. The second kappa shape index (κ2) is 5.69. The van der Waals surface area contributed by atoms with E-state index in [1.807, 2.05) is 6.20 Å². The van der Waals surface area contributed by atoms with Crippen molar-refractivity contribution >= 4 is 10.9 Å². The molecule has 0 aliphatic heterocycles. The van der Waals surface area contributed by atoms with Crippen molar-refractivity contribution in [3.8, 4) is 5.75 Å². The molecule has 2 heteroatoms. The zero-order valence-electron chi connectivity index (χ0n) is 13.7. The highest BCUT2D eigenvalue weighted by Gasteiger charge is 2.14. The van der Waals surface area contributed by atoms with Crippen LogP contribution < -0.4 is 4.74 Å². The summed E-state index contributed by atoms with van der Waals surface area (Å²) in [4.78, 5) is 4.59. The normalized spacial score (nSPS) is 13.3. The molecule has 0 saturated carbocycles. The number of methoxy groups -OCH3 is 1. The van der Waals surface area contributed by atoms with Crippen LogP contribution in [-0.2, 0) is 19.3 Å². The molecule has 3 aromatic rings. The van der Waals surface area contributed by atoms with Gasteiger partial charge in [-0.1, -0.05) is 12.1 Å². The Morgan fingerprint density at radius 1 is 1.04 bits per heavy atom. The molecule has 0 atom stereocenters. The highest BCUT2D eigenvalue weighted by molar-refractivity contribution is 5.84. The maximum atomic E-state index is 5.36. The van der Waals surface area contributed by atoms with Crippen LogP contribution in [0.5, 0.6) is 5.75 Å². The van der Waals surface area contributed by atoms with E-state index in [-0.39, 0.29) is 0 Å². The standard InChI is InChI=1S/C21H21NO/c1-14-10-15(6-7-21(14)23-2)11-18-8-9-22-20-13-17-5-3-4-16(17)12-19(18)20/h6-10,12-13H,3-5,11H2,1-2H3. The fourth-order valence-corrected chi connectivity index (χ4v) is 3.70. The van der Waals surface area contributed by atoms with E-state index >= 15 is 0 Å². The fourth-order valence-electron chi connectivity index (χ4n) is 3.70. The highest BCUT2D eigenvalue weighted by Crippen LogP contribution is 2.29. The van der Waals surface area contributed by atoms with Crippen LogP contribution in [0.1, 0.15) is 34.2 Å². The molecule has 0 saturated heterocycles. The van der Waals surface area contributed by atoms with Crippen LogP contribution in [0, 0.1) is 6.92 Å². The van der Waals surface area contributed by atoms with Crippen LogP contribution in [0.25, 0.3) is 10.9 Å². The Morgan fingerprint density at radius 3 is 2.65 bits per heavy atom. The lowest BCUT2D eigenvalue weighted by Crippen LogP contribution is -1.95. The molecule has 0 fully saturated rings. The number of hydrogen-bond donors (Lipinski definition) is 0. The molecule has 23 heavy (non-hydrogen) atoms. The van der Waals surface area contributed by atoms with Gasteiger partial charge in [0.15, 0.2) is 0 Å². The van der Waals surface area contributed by atoms with E-state index in [0.717, 1.165) is 17.7 Å². The number of rotatable bonds is 3. The Balaban J connectivity index is 1.75. The minimum absolute atomic E-state index is 0.933. The van der Waals surface area contributed by atoms with Crippen LogP contribution in [-0.4, -0.2) is 12.1 Å². The number of benzene rings is 2. The third-order valence-corrected chi connectivity index (χ3v) is 4.90. The Morgan fingerprint density at radius 2 is 1.87 bits per heavy atom. The first-order valence-corrected chi connectivity index (χ1v) is 8.27. The topological polar surface area (TPSA) is 22.1 Å². The Kier molecular flexibility index (Phi) is 3.53. The summed E-state index contributed by atoms with van der Waals surface area (Å²) in [7, 11) is 1.72. The number of pyridine rings is 1. The van der Waals surface area contributed by atoms with E-state index in [1.165, 1.54) is 52.5 Å². The summed E-state index contributed by atoms with van der Waals surface area (Å²) in [5.74, 6) is 0.950. The maximum absolute atomic E-state index is 5.36. The zero-order valence-corrected chi connectivity index (χ0v) is 13.7. The van der Waals surface area contributed by atoms with Crippen LogP contribution in [0.4, 0.5) is 0 Å². The number of fused-ring (bicyclic) bond motifs is 2. The van der Waals surface area contributed by atoms with Crippen molar-refractivity contribution in [2.24, 2.45) is 0 Å². The lowest BCUT2D eigenvalue weighted by atomic mass is 9.97. The molecule has 1 aliphatic rings. The van der Waals surface area contributed by atoms with Gasteiger partial charge in [0.25, 0.3) is 0 Å². The Bertz CT molecular complexity index is 882. The molecular formula is C21H21NO. The van der Waals surface area contributed by atoms with Crippen LogP contribution in [0.3, 0.4) is 0 Å². The van der Waals surface area contributed by atoms with Crippen LogP contribution in [0.15, 0.2) is 42.6 Å². The quantitative estimate of drug-likeness (QED) is 0.703. The van der Waals surface area contributed by atoms with Gasteiger partial charge in [0.05, 0.1) is 12.6 Å². The largest absolute Gasteiger partial charge is 0.496 e. The van der Waals surface area contributed by atoms with Crippen LogP contribution >= 0.6 is 0 Å². The molecule has 0 unspecified atom stereocenters. The van der Waals surface area contributed by atoms with Gasteiger partial charge in [-0.05, 0) is 84.7 Å². The molecule has 0 N–H and O–H groups in total.